The van der Waals surface area contributed by atoms with E-state index in [1.807, 2.05) is 30.3 Å². The molecule has 1 fully saturated rings. The summed E-state index contributed by atoms with van der Waals surface area (Å²) >= 11 is 6.10. The third-order valence-corrected chi connectivity index (χ3v) is 2.88. The molecule has 1 aromatic carbocycles. The van der Waals surface area contributed by atoms with E-state index < -0.39 is 0 Å². The van der Waals surface area contributed by atoms with Crippen molar-refractivity contribution < 1.29 is 9.47 Å². The average molecular weight is 227 g/mol. The minimum Gasteiger partial charge on any atom is -0.351 e. The van der Waals surface area contributed by atoms with Crippen LogP contribution < -0.4 is 0 Å². The Hall–Kier alpha value is -0.570. The number of hydrogen-bond donors (Lipinski definition) is 0. The minimum absolute atomic E-state index is 0.0116. The standard InChI is InChI=1S/C12H15ClO2/c13-11-7-4-8-14-12(11)15-9-10-5-2-1-3-6-10/h1-3,5-6,11-12H,4,7-9H2/t11-,12+/m1/s1. The molecule has 82 valence electrons. The molecule has 0 N–H and O–H groups in total. The molecule has 0 aliphatic carbocycles. The fourth-order valence-corrected chi connectivity index (χ4v) is 1.92. The van der Waals surface area contributed by atoms with Crippen molar-refractivity contribution in [3.05, 3.63) is 35.9 Å². The van der Waals surface area contributed by atoms with Crippen molar-refractivity contribution >= 4 is 11.6 Å². The van der Waals surface area contributed by atoms with Crippen LogP contribution in [0.3, 0.4) is 0 Å². The van der Waals surface area contributed by atoms with Gasteiger partial charge in [-0.3, -0.25) is 0 Å². The molecule has 15 heavy (non-hydrogen) atoms. The van der Waals surface area contributed by atoms with E-state index in [-0.39, 0.29) is 11.7 Å². The molecule has 1 aromatic rings. The van der Waals surface area contributed by atoms with Crippen LogP contribution >= 0.6 is 11.6 Å². The SMILES string of the molecule is Cl[C@@H]1CCCO[C@H]1OCc1ccccc1. The van der Waals surface area contributed by atoms with Gasteiger partial charge in [0.25, 0.3) is 0 Å². The Morgan fingerprint density at radius 1 is 1.33 bits per heavy atom. The number of hydrogen-bond acceptors (Lipinski definition) is 2. The quantitative estimate of drug-likeness (QED) is 0.738. The Kier molecular flexibility index (Phi) is 4.01. The summed E-state index contributed by atoms with van der Waals surface area (Å²) < 4.78 is 11.1. The number of halogens is 1. The zero-order valence-electron chi connectivity index (χ0n) is 8.56. The fourth-order valence-electron chi connectivity index (χ4n) is 1.62. The predicted molar refractivity (Wildman–Crippen MR) is 59.8 cm³/mol. The first kappa shape index (κ1) is 10.9. The molecule has 2 atom stereocenters. The van der Waals surface area contributed by atoms with Crippen LogP contribution in [0.15, 0.2) is 30.3 Å². The molecule has 2 nitrogen and oxygen atoms in total. The first-order valence-corrected chi connectivity index (χ1v) is 5.71. The largest absolute Gasteiger partial charge is 0.351 e. The Morgan fingerprint density at radius 3 is 2.87 bits per heavy atom. The highest BCUT2D eigenvalue weighted by atomic mass is 35.5. The topological polar surface area (TPSA) is 18.5 Å². The fraction of sp³-hybridized carbons (Fsp3) is 0.500. The van der Waals surface area contributed by atoms with Gasteiger partial charge < -0.3 is 9.47 Å². The lowest BCUT2D eigenvalue weighted by atomic mass is 10.2. The predicted octanol–water partition coefficient (Wildman–Crippen LogP) is 2.95. The highest BCUT2D eigenvalue weighted by Crippen LogP contribution is 2.21. The first-order chi connectivity index (χ1) is 7.36. The van der Waals surface area contributed by atoms with Crippen molar-refractivity contribution in [3.8, 4) is 0 Å². The van der Waals surface area contributed by atoms with Crippen molar-refractivity contribution in [2.75, 3.05) is 6.61 Å². The first-order valence-electron chi connectivity index (χ1n) is 5.27. The maximum atomic E-state index is 6.10. The second kappa shape index (κ2) is 5.50. The third kappa shape index (κ3) is 3.20. The van der Waals surface area contributed by atoms with E-state index in [0.29, 0.717) is 6.61 Å². The van der Waals surface area contributed by atoms with Gasteiger partial charge in [0, 0.05) is 6.61 Å². The van der Waals surface area contributed by atoms with Crippen molar-refractivity contribution in [2.45, 2.75) is 31.1 Å². The van der Waals surface area contributed by atoms with Crippen molar-refractivity contribution in [2.24, 2.45) is 0 Å². The van der Waals surface area contributed by atoms with Gasteiger partial charge in [0.1, 0.15) is 0 Å². The Bertz CT molecular complexity index is 289. The van der Waals surface area contributed by atoms with Crippen LogP contribution in [0, 0.1) is 0 Å². The molecule has 1 heterocycles. The molecule has 0 radical (unpaired) electrons. The van der Waals surface area contributed by atoms with E-state index >= 15 is 0 Å². The number of alkyl halides is 1. The normalized spacial score (nSPS) is 26.5. The van der Waals surface area contributed by atoms with Crippen LogP contribution in [-0.4, -0.2) is 18.3 Å². The van der Waals surface area contributed by atoms with Gasteiger partial charge >= 0.3 is 0 Å². The van der Waals surface area contributed by atoms with E-state index in [1.165, 1.54) is 0 Å². The van der Waals surface area contributed by atoms with Crippen LogP contribution in [0.1, 0.15) is 18.4 Å². The number of rotatable bonds is 3. The molecule has 1 aliphatic rings. The summed E-state index contributed by atoms with van der Waals surface area (Å²) in [5, 5.41) is -0.0116. The zero-order valence-corrected chi connectivity index (χ0v) is 9.32. The number of ether oxygens (including phenoxy) is 2. The van der Waals surface area contributed by atoms with Crippen molar-refractivity contribution in [1.29, 1.82) is 0 Å². The molecule has 0 bridgehead atoms. The smallest absolute Gasteiger partial charge is 0.174 e. The van der Waals surface area contributed by atoms with Gasteiger partial charge in [-0.1, -0.05) is 30.3 Å². The third-order valence-electron chi connectivity index (χ3n) is 2.46. The molecular weight excluding hydrogens is 212 g/mol. The van der Waals surface area contributed by atoms with Crippen molar-refractivity contribution in [1.82, 2.24) is 0 Å². The molecule has 2 rings (SSSR count). The van der Waals surface area contributed by atoms with Crippen LogP contribution in [0.4, 0.5) is 0 Å². The van der Waals surface area contributed by atoms with Gasteiger partial charge in [0.15, 0.2) is 6.29 Å². The molecule has 0 amide bonds. The van der Waals surface area contributed by atoms with E-state index in [1.54, 1.807) is 0 Å². The second-order valence-corrected chi connectivity index (χ2v) is 4.25. The highest BCUT2D eigenvalue weighted by molar-refractivity contribution is 6.20. The molecule has 0 saturated carbocycles. The summed E-state index contributed by atoms with van der Waals surface area (Å²) in [4.78, 5) is 0. The Balaban J connectivity index is 1.82. The van der Waals surface area contributed by atoms with Gasteiger partial charge in [0.2, 0.25) is 0 Å². The summed E-state index contributed by atoms with van der Waals surface area (Å²) in [5.41, 5.74) is 1.15. The van der Waals surface area contributed by atoms with Crippen molar-refractivity contribution in [3.63, 3.8) is 0 Å². The summed E-state index contributed by atoms with van der Waals surface area (Å²) in [6, 6.07) is 10.1. The maximum absolute atomic E-state index is 6.10. The lowest BCUT2D eigenvalue weighted by Gasteiger charge is -2.27. The monoisotopic (exact) mass is 226 g/mol. The highest BCUT2D eigenvalue weighted by Gasteiger charge is 2.24. The van der Waals surface area contributed by atoms with Crippen LogP contribution in [0.25, 0.3) is 0 Å². The van der Waals surface area contributed by atoms with Crippen LogP contribution in [0.2, 0.25) is 0 Å². The van der Waals surface area contributed by atoms with Gasteiger partial charge in [-0.05, 0) is 18.4 Å². The molecule has 1 aliphatic heterocycles. The summed E-state index contributed by atoms with van der Waals surface area (Å²) in [5.74, 6) is 0. The number of benzene rings is 1. The minimum atomic E-state index is -0.249. The lowest BCUT2D eigenvalue weighted by Crippen LogP contribution is -2.32. The molecule has 0 unspecified atom stereocenters. The van der Waals surface area contributed by atoms with Gasteiger partial charge in [-0.25, -0.2) is 0 Å². The molecule has 3 heteroatoms. The van der Waals surface area contributed by atoms with Crippen LogP contribution in [-0.2, 0) is 16.1 Å². The maximum Gasteiger partial charge on any atom is 0.174 e. The molecule has 1 saturated heterocycles. The van der Waals surface area contributed by atoms with E-state index in [2.05, 4.69) is 0 Å². The zero-order chi connectivity index (χ0) is 10.5. The lowest BCUT2D eigenvalue weighted by molar-refractivity contribution is -0.166. The average Bonchev–Trinajstić information content (AvgIpc) is 2.29. The van der Waals surface area contributed by atoms with Crippen LogP contribution in [0.5, 0.6) is 0 Å². The van der Waals surface area contributed by atoms with E-state index in [4.69, 9.17) is 21.1 Å². The van der Waals surface area contributed by atoms with Gasteiger partial charge in [-0.2, -0.15) is 0 Å². The molecular formula is C12H15ClO2. The van der Waals surface area contributed by atoms with E-state index in [9.17, 15) is 0 Å². The molecule has 0 aromatic heterocycles. The summed E-state index contributed by atoms with van der Waals surface area (Å²) in [6.45, 7) is 1.32. The Labute approximate surface area is 95.1 Å². The Morgan fingerprint density at radius 2 is 2.13 bits per heavy atom. The van der Waals surface area contributed by atoms with Gasteiger partial charge in [0.05, 0.1) is 12.0 Å². The second-order valence-electron chi connectivity index (χ2n) is 3.69. The summed E-state index contributed by atoms with van der Waals surface area (Å²) in [7, 11) is 0. The van der Waals surface area contributed by atoms with E-state index in [0.717, 1.165) is 25.0 Å². The van der Waals surface area contributed by atoms with Gasteiger partial charge in [-0.15, -0.1) is 11.6 Å². The molecule has 0 spiro atoms. The summed E-state index contributed by atoms with van der Waals surface area (Å²) in [6.07, 6.45) is 1.75.